The molecule has 0 aromatic carbocycles. The molecule has 0 spiro atoms. The average Bonchev–Trinajstić information content (AvgIpc) is 2.80. The summed E-state index contributed by atoms with van der Waals surface area (Å²) in [6.07, 6.45) is 11.7. The van der Waals surface area contributed by atoms with Crippen LogP contribution in [-0.4, -0.2) is 12.1 Å². The molecule has 0 unspecified atom stereocenters. The third-order valence-corrected chi connectivity index (χ3v) is 4.07. The molecule has 1 fully saturated rings. The highest BCUT2D eigenvalue weighted by Gasteiger charge is 2.33. The second kappa shape index (κ2) is 5.48. The Balaban J connectivity index is 2.02. The van der Waals surface area contributed by atoms with E-state index < -0.39 is 0 Å². The van der Waals surface area contributed by atoms with Crippen LogP contribution in [0.15, 0.2) is 23.0 Å². The molecule has 2 heteroatoms. The molecule has 102 valence electrons. The molecule has 2 rings (SSSR count). The first-order valence-corrected chi connectivity index (χ1v) is 7.25. The third-order valence-electron chi connectivity index (χ3n) is 4.07. The topological polar surface area (TPSA) is 25.2 Å². The molecule has 1 aromatic heterocycles. The van der Waals surface area contributed by atoms with Gasteiger partial charge in [0.2, 0.25) is 0 Å². The van der Waals surface area contributed by atoms with E-state index in [1.54, 1.807) is 6.26 Å². The predicted molar refractivity (Wildman–Crippen MR) is 75.7 cm³/mol. The molecular weight excluding hydrogens is 222 g/mol. The summed E-state index contributed by atoms with van der Waals surface area (Å²) in [6.45, 7) is 7.88. The summed E-state index contributed by atoms with van der Waals surface area (Å²) in [5.41, 5.74) is 2.00. The van der Waals surface area contributed by atoms with Crippen molar-refractivity contribution in [2.24, 2.45) is 5.41 Å². The smallest absolute Gasteiger partial charge is 0.0934 e. The number of rotatable bonds is 4. The van der Waals surface area contributed by atoms with Gasteiger partial charge < -0.3 is 9.73 Å². The van der Waals surface area contributed by atoms with Crippen molar-refractivity contribution in [2.45, 2.75) is 64.8 Å². The van der Waals surface area contributed by atoms with E-state index in [0.29, 0.717) is 5.41 Å². The van der Waals surface area contributed by atoms with Crippen molar-refractivity contribution < 1.29 is 4.42 Å². The molecule has 0 radical (unpaired) electrons. The molecule has 1 N–H and O–H groups in total. The summed E-state index contributed by atoms with van der Waals surface area (Å²) >= 11 is 0. The Hall–Kier alpha value is -0.760. The molecule has 1 aromatic rings. The molecule has 0 saturated heterocycles. The van der Waals surface area contributed by atoms with Gasteiger partial charge >= 0.3 is 0 Å². The van der Waals surface area contributed by atoms with Crippen molar-refractivity contribution in [1.82, 2.24) is 5.32 Å². The number of furan rings is 1. The van der Waals surface area contributed by atoms with Crippen molar-refractivity contribution in [3.05, 3.63) is 24.2 Å². The molecule has 1 saturated carbocycles. The lowest BCUT2D eigenvalue weighted by Crippen LogP contribution is -2.45. The summed E-state index contributed by atoms with van der Waals surface area (Å²) in [6, 6.07) is 2.12. The van der Waals surface area contributed by atoms with Gasteiger partial charge in [0.05, 0.1) is 12.5 Å². The van der Waals surface area contributed by atoms with E-state index >= 15 is 0 Å². The maximum atomic E-state index is 5.23. The van der Waals surface area contributed by atoms with Crippen LogP contribution in [0.25, 0.3) is 0 Å². The van der Waals surface area contributed by atoms with E-state index in [0.717, 1.165) is 13.0 Å². The monoisotopic (exact) mass is 249 g/mol. The number of nitrogens with one attached hydrogen (secondary N) is 1. The van der Waals surface area contributed by atoms with E-state index in [9.17, 15) is 0 Å². The highest BCUT2D eigenvalue weighted by atomic mass is 16.3. The van der Waals surface area contributed by atoms with E-state index in [2.05, 4.69) is 32.2 Å². The van der Waals surface area contributed by atoms with Crippen LogP contribution in [0, 0.1) is 5.41 Å². The van der Waals surface area contributed by atoms with Gasteiger partial charge in [-0.15, -0.1) is 0 Å². The first-order chi connectivity index (χ1) is 8.49. The summed E-state index contributed by atoms with van der Waals surface area (Å²) < 4.78 is 5.23. The normalized spacial score (nSPS) is 19.9. The molecule has 1 aliphatic carbocycles. The number of hydrogen-bond donors (Lipinski definition) is 1. The van der Waals surface area contributed by atoms with Gasteiger partial charge in [0.25, 0.3) is 0 Å². The van der Waals surface area contributed by atoms with Crippen LogP contribution in [0.3, 0.4) is 0 Å². The second-order valence-electron chi connectivity index (χ2n) is 6.97. The van der Waals surface area contributed by atoms with Gasteiger partial charge in [0, 0.05) is 12.1 Å². The molecule has 0 aliphatic heterocycles. The maximum absolute atomic E-state index is 5.23. The summed E-state index contributed by atoms with van der Waals surface area (Å²) in [5.74, 6) is 0. The second-order valence-corrected chi connectivity index (χ2v) is 6.97. The van der Waals surface area contributed by atoms with Crippen LogP contribution >= 0.6 is 0 Å². The van der Waals surface area contributed by atoms with Crippen LogP contribution in [-0.2, 0) is 6.42 Å². The van der Waals surface area contributed by atoms with Gasteiger partial charge in [-0.3, -0.25) is 0 Å². The van der Waals surface area contributed by atoms with Crippen LogP contribution in [0.2, 0.25) is 0 Å². The Morgan fingerprint density at radius 1 is 1.22 bits per heavy atom. The molecule has 1 heterocycles. The van der Waals surface area contributed by atoms with Crippen molar-refractivity contribution in [3.8, 4) is 0 Å². The minimum Gasteiger partial charge on any atom is -0.472 e. The van der Waals surface area contributed by atoms with Gasteiger partial charge in [-0.25, -0.2) is 0 Å². The SMILES string of the molecule is CC(C)(C)NCC1(Cc2ccoc2)CCCCC1. The van der Waals surface area contributed by atoms with Crippen molar-refractivity contribution in [3.63, 3.8) is 0 Å². The Bertz CT molecular complexity index is 342. The lowest BCUT2D eigenvalue weighted by Gasteiger charge is -2.39. The molecule has 18 heavy (non-hydrogen) atoms. The van der Waals surface area contributed by atoms with Gasteiger partial charge in [-0.1, -0.05) is 19.3 Å². The fourth-order valence-corrected chi connectivity index (χ4v) is 3.00. The molecule has 0 amide bonds. The van der Waals surface area contributed by atoms with Crippen LogP contribution < -0.4 is 5.32 Å². The minimum absolute atomic E-state index is 0.209. The quantitative estimate of drug-likeness (QED) is 0.866. The maximum Gasteiger partial charge on any atom is 0.0934 e. The first kappa shape index (κ1) is 13.7. The third kappa shape index (κ3) is 3.88. The van der Waals surface area contributed by atoms with E-state index in [1.165, 1.54) is 37.7 Å². The van der Waals surface area contributed by atoms with Crippen molar-refractivity contribution in [2.75, 3.05) is 6.54 Å². The van der Waals surface area contributed by atoms with Gasteiger partial charge in [0.1, 0.15) is 0 Å². The summed E-state index contributed by atoms with van der Waals surface area (Å²) in [4.78, 5) is 0. The molecule has 1 aliphatic rings. The number of hydrogen-bond acceptors (Lipinski definition) is 2. The lowest BCUT2D eigenvalue weighted by molar-refractivity contribution is 0.165. The van der Waals surface area contributed by atoms with Gasteiger partial charge in [0.15, 0.2) is 0 Å². The molecule has 2 nitrogen and oxygen atoms in total. The highest BCUT2D eigenvalue weighted by Crippen LogP contribution is 2.39. The van der Waals surface area contributed by atoms with Crippen molar-refractivity contribution in [1.29, 1.82) is 0 Å². The highest BCUT2D eigenvalue weighted by molar-refractivity contribution is 5.10. The van der Waals surface area contributed by atoms with Gasteiger partial charge in [-0.2, -0.15) is 0 Å². The zero-order valence-electron chi connectivity index (χ0n) is 12.1. The first-order valence-electron chi connectivity index (χ1n) is 7.25. The molecule has 0 bridgehead atoms. The Labute approximate surface area is 111 Å². The largest absolute Gasteiger partial charge is 0.472 e. The fraction of sp³-hybridized carbons (Fsp3) is 0.750. The van der Waals surface area contributed by atoms with Gasteiger partial charge in [-0.05, 0) is 57.1 Å². The lowest BCUT2D eigenvalue weighted by atomic mass is 9.70. The zero-order valence-corrected chi connectivity index (χ0v) is 12.1. The Morgan fingerprint density at radius 2 is 1.94 bits per heavy atom. The molecule has 0 atom stereocenters. The molecular formula is C16H27NO. The zero-order chi connectivity index (χ0) is 13.1. The summed E-state index contributed by atoms with van der Waals surface area (Å²) in [5, 5.41) is 3.71. The van der Waals surface area contributed by atoms with E-state index in [1.807, 2.05) is 6.26 Å². The van der Waals surface area contributed by atoms with Crippen LogP contribution in [0.5, 0.6) is 0 Å². The fourth-order valence-electron chi connectivity index (χ4n) is 3.00. The van der Waals surface area contributed by atoms with Crippen LogP contribution in [0.1, 0.15) is 58.4 Å². The summed E-state index contributed by atoms with van der Waals surface area (Å²) in [7, 11) is 0. The van der Waals surface area contributed by atoms with Crippen LogP contribution in [0.4, 0.5) is 0 Å². The van der Waals surface area contributed by atoms with Crippen molar-refractivity contribution >= 4 is 0 Å². The Morgan fingerprint density at radius 3 is 2.50 bits per heavy atom. The predicted octanol–water partition coefficient (Wildman–Crippen LogP) is 4.16. The average molecular weight is 249 g/mol. The standard InChI is InChI=1S/C16H27NO/c1-15(2,3)17-13-16(8-5-4-6-9-16)11-14-7-10-18-12-14/h7,10,12,17H,4-6,8-9,11,13H2,1-3H3. The Kier molecular flexibility index (Phi) is 4.16. The minimum atomic E-state index is 0.209. The van der Waals surface area contributed by atoms with E-state index in [4.69, 9.17) is 4.42 Å². The van der Waals surface area contributed by atoms with E-state index in [-0.39, 0.29) is 5.54 Å².